The third kappa shape index (κ3) is 1.53. The summed E-state index contributed by atoms with van der Waals surface area (Å²) in [4.78, 5) is 0. The first-order valence-corrected chi connectivity index (χ1v) is 6.72. The van der Waals surface area contributed by atoms with E-state index < -0.39 is 0 Å². The van der Waals surface area contributed by atoms with Crippen molar-refractivity contribution in [3.05, 3.63) is 23.7 Å². The van der Waals surface area contributed by atoms with E-state index in [1.807, 2.05) is 6.26 Å². The maximum atomic E-state index is 5.67. The molecule has 15 heavy (non-hydrogen) atoms. The van der Waals surface area contributed by atoms with Gasteiger partial charge in [-0.15, -0.1) is 0 Å². The van der Waals surface area contributed by atoms with Crippen molar-refractivity contribution in [2.24, 2.45) is 0 Å². The Morgan fingerprint density at radius 1 is 1.60 bits per heavy atom. The zero-order valence-electron chi connectivity index (χ0n) is 9.08. The zero-order chi connectivity index (χ0) is 10.3. The molecule has 1 N–H and O–H groups in total. The first-order chi connectivity index (χ1) is 7.30. The second-order valence-corrected chi connectivity index (χ2v) is 6.34. The summed E-state index contributed by atoms with van der Waals surface area (Å²) in [7, 11) is 0. The monoisotopic (exact) mass is 223 g/mol. The largest absolute Gasteiger partial charge is 0.467 e. The fourth-order valence-electron chi connectivity index (χ4n) is 2.77. The van der Waals surface area contributed by atoms with Crippen LogP contribution in [0.1, 0.15) is 37.1 Å². The van der Waals surface area contributed by atoms with Gasteiger partial charge in [-0.3, -0.25) is 0 Å². The summed E-state index contributed by atoms with van der Waals surface area (Å²) in [5.74, 6) is 2.49. The molecule has 1 aromatic rings. The molecule has 0 spiro atoms. The molecule has 2 aliphatic rings. The molecule has 0 aromatic carbocycles. The van der Waals surface area contributed by atoms with Crippen molar-refractivity contribution in [2.45, 2.75) is 37.0 Å². The summed E-state index contributed by atoms with van der Waals surface area (Å²) in [6, 6.07) is 2.55. The number of rotatable bonds is 1. The van der Waals surface area contributed by atoms with Crippen LogP contribution < -0.4 is 5.32 Å². The van der Waals surface area contributed by atoms with Gasteiger partial charge in [-0.1, -0.05) is 0 Å². The van der Waals surface area contributed by atoms with E-state index in [1.165, 1.54) is 29.9 Å². The summed E-state index contributed by atoms with van der Waals surface area (Å²) in [5.41, 5.74) is 1.41. The Morgan fingerprint density at radius 2 is 2.53 bits per heavy atom. The molecule has 3 heterocycles. The van der Waals surface area contributed by atoms with Crippen LogP contribution in [0.3, 0.4) is 0 Å². The van der Waals surface area contributed by atoms with Gasteiger partial charge in [0, 0.05) is 11.3 Å². The Bertz CT molecular complexity index is 354. The second kappa shape index (κ2) is 3.56. The van der Waals surface area contributed by atoms with Gasteiger partial charge < -0.3 is 9.73 Å². The van der Waals surface area contributed by atoms with E-state index in [0.717, 1.165) is 13.0 Å². The predicted octanol–water partition coefficient (Wildman–Crippen LogP) is 2.75. The average Bonchev–Trinajstić information content (AvgIpc) is 2.85. The van der Waals surface area contributed by atoms with Crippen LogP contribution in [0.15, 0.2) is 16.7 Å². The number of fused-ring (bicyclic) bond motifs is 1. The zero-order valence-corrected chi connectivity index (χ0v) is 9.90. The van der Waals surface area contributed by atoms with E-state index in [2.05, 4.69) is 30.1 Å². The number of thioether (sulfide) groups is 1. The van der Waals surface area contributed by atoms with E-state index >= 15 is 0 Å². The Morgan fingerprint density at radius 3 is 3.33 bits per heavy atom. The lowest BCUT2D eigenvalue weighted by Gasteiger charge is -2.35. The van der Waals surface area contributed by atoms with Crippen molar-refractivity contribution in [1.82, 2.24) is 5.32 Å². The third-order valence-corrected chi connectivity index (χ3v) is 5.24. The van der Waals surface area contributed by atoms with E-state index in [-0.39, 0.29) is 0 Å². The van der Waals surface area contributed by atoms with E-state index in [4.69, 9.17) is 4.42 Å². The maximum absolute atomic E-state index is 5.67. The molecule has 3 rings (SSSR count). The SMILES string of the molecule is CC1(C2NCCc3ccoc32)CCCS1. The molecule has 2 nitrogen and oxygen atoms in total. The highest BCUT2D eigenvalue weighted by atomic mass is 32.2. The standard InChI is InChI=1S/C12H17NOS/c1-12(5-2-8-15-12)11-10-9(3-6-13-11)4-7-14-10/h4,7,11,13H,2-3,5-6,8H2,1H3. The van der Waals surface area contributed by atoms with Crippen LogP contribution in [0.5, 0.6) is 0 Å². The highest BCUT2D eigenvalue weighted by molar-refractivity contribution is 8.00. The number of hydrogen-bond acceptors (Lipinski definition) is 3. The van der Waals surface area contributed by atoms with Gasteiger partial charge in [0.05, 0.1) is 12.3 Å². The predicted molar refractivity (Wildman–Crippen MR) is 63.3 cm³/mol. The van der Waals surface area contributed by atoms with Crippen molar-refractivity contribution >= 4 is 11.8 Å². The van der Waals surface area contributed by atoms with Gasteiger partial charge >= 0.3 is 0 Å². The molecule has 0 bridgehead atoms. The summed E-state index contributed by atoms with van der Waals surface area (Å²) in [5, 5.41) is 3.63. The lowest BCUT2D eigenvalue weighted by atomic mass is 9.89. The van der Waals surface area contributed by atoms with Gasteiger partial charge in [-0.2, -0.15) is 11.8 Å². The van der Waals surface area contributed by atoms with Crippen LogP contribution >= 0.6 is 11.8 Å². The summed E-state index contributed by atoms with van der Waals surface area (Å²) in [6.07, 6.45) is 5.60. The van der Waals surface area contributed by atoms with Gasteiger partial charge in [-0.25, -0.2) is 0 Å². The van der Waals surface area contributed by atoms with Crippen LogP contribution in [0, 0.1) is 0 Å². The Hall–Kier alpha value is -0.410. The Kier molecular flexibility index (Phi) is 2.33. The molecule has 0 amide bonds. The van der Waals surface area contributed by atoms with Crippen LogP contribution in [-0.4, -0.2) is 17.0 Å². The topological polar surface area (TPSA) is 25.2 Å². The van der Waals surface area contributed by atoms with Crippen LogP contribution in [-0.2, 0) is 6.42 Å². The number of furan rings is 1. The minimum Gasteiger partial charge on any atom is -0.467 e. The van der Waals surface area contributed by atoms with Crippen LogP contribution in [0.4, 0.5) is 0 Å². The van der Waals surface area contributed by atoms with E-state index in [1.54, 1.807) is 0 Å². The highest BCUT2D eigenvalue weighted by Crippen LogP contribution is 2.48. The molecule has 1 aromatic heterocycles. The second-order valence-electron chi connectivity index (χ2n) is 4.71. The molecule has 3 heteroatoms. The fourth-order valence-corrected chi connectivity index (χ4v) is 4.17. The summed E-state index contributed by atoms with van der Waals surface area (Å²) < 4.78 is 6.01. The van der Waals surface area contributed by atoms with Gasteiger partial charge in [-0.05, 0) is 43.6 Å². The van der Waals surface area contributed by atoms with Crippen LogP contribution in [0.25, 0.3) is 0 Å². The maximum Gasteiger partial charge on any atom is 0.125 e. The quantitative estimate of drug-likeness (QED) is 0.792. The Balaban J connectivity index is 1.95. The molecular formula is C12H17NOS. The summed E-state index contributed by atoms with van der Waals surface area (Å²) in [6.45, 7) is 3.47. The van der Waals surface area contributed by atoms with E-state index in [9.17, 15) is 0 Å². The van der Waals surface area contributed by atoms with Crippen molar-refractivity contribution in [1.29, 1.82) is 0 Å². The van der Waals surface area contributed by atoms with Crippen molar-refractivity contribution < 1.29 is 4.42 Å². The molecule has 1 saturated heterocycles. The molecule has 1 fully saturated rings. The molecule has 0 radical (unpaired) electrons. The van der Waals surface area contributed by atoms with Crippen molar-refractivity contribution in [3.63, 3.8) is 0 Å². The summed E-state index contributed by atoms with van der Waals surface area (Å²) >= 11 is 2.10. The molecule has 82 valence electrons. The lowest BCUT2D eigenvalue weighted by molar-refractivity contribution is 0.329. The van der Waals surface area contributed by atoms with Gasteiger partial charge in [0.15, 0.2) is 0 Å². The molecular weight excluding hydrogens is 206 g/mol. The number of hydrogen-bond donors (Lipinski definition) is 1. The highest BCUT2D eigenvalue weighted by Gasteiger charge is 2.42. The molecule has 0 aliphatic carbocycles. The Labute approximate surface area is 94.8 Å². The molecule has 2 atom stereocenters. The molecule has 0 saturated carbocycles. The third-order valence-electron chi connectivity index (χ3n) is 3.65. The van der Waals surface area contributed by atoms with Crippen molar-refractivity contribution in [3.8, 4) is 0 Å². The first kappa shape index (κ1) is 9.79. The molecule has 2 aliphatic heterocycles. The minimum atomic E-state index is 0.340. The molecule has 2 unspecified atom stereocenters. The van der Waals surface area contributed by atoms with Crippen LogP contribution in [0.2, 0.25) is 0 Å². The average molecular weight is 223 g/mol. The number of nitrogens with one attached hydrogen (secondary N) is 1. The fraction of sp³-hybridized carbons (Fsp3) is 0.667. The lowest BCUT2D eigenvalue weighted by Crippen LogP contribution is -2.41. The smallest absolute Gasteiger partial charge is 0.125 e. The van der Waals surface area contributed by atoms with Gasteiger partial charge in [0.2, 0.25) is 0 Å². The van der Waals surface area contributed by atoms with Gasteiger partial charge in [0.1, 0.15) is 5.76 Å². The van der Waals surface area contributed by atoms with Crippen molar-refractivity contribution in [2.75, 3.05) is 12.3 Å². The first-order valence-electron chi connectivity index (χ1n) is 5.73. The van der Waals surface area contributed by atoms with E-state index in [0.29, 0.717) is 10.8 Å². The van der Waals surface area contributed by atoms with Gasteiger partial charge in [0.25, 0.3) is 0 Å². The minimum absolute atomic E-state index is 0.340. The normalized spacial score (nSPS) is 35.4.